The quantitative estimate of drug-likeness (QED) is 0.403. The van der Waals surface area contributed by atoms with Crippen LogP contribution in [0.3, 0.4) is 0 Å². The molecule has 238 valence electrons. The number of aromatic nitrogens is 2. The van der Waals surface area contributed by atoms with E-state index in [4.69, 9.17) is 0 Å². The number of nitrogens with one attached hydrogen (secondary N) is 1. The topological polar surface area (TPSA) is 116 Å². The van der Waals surface area contributed by atoms with Crippen LogP contribution in [-0.2, 0) is 15.4 Å². The molecule has 3 aromatic rings. The zero-order valence-electron chi connectivity index (χ0n) is 26.3. The lowest BCUT2D eigenvalue weighted by atomic mass is 9.70. The van der Waals surface area contributed by atoms with Gasteiger partial charge in [0.2, 0.25) is 10.0 Å². The fourth-order valence-electron chi connectivity index (χ4n) is 7.56. The van der Waals surface area contributed by atoms with Gasteiger partial charge in [0, 0.05) is 50.5 Å². The zero-order chi connectivity index (χ0) is 31.8. The number of sulfonamides is 1. The van der Waals surface area contributed by atoms with Crippen molar-refractivity contribution in [3.05, 3.63) is 89.0 Å². The van der Waals surface area contributed by atoms with Crippen molar-refractivity contribution in [3.8, 4) is 0 Å². The maximum absolute atomic E-state index is 13.4. The van der Waals surface area contributed by atoms with E-state index in [0.29, 0.717) is 41.7 Å². The van der Waals surface area contributed by atoms with Crippen LogP contribution in [0.1, 0.15) is 56.9 Å². The first-order valence-electron chi connectivity index (χ1n) is 15.7. The minimum absolute atomic E-state index is 0.0105. The normalized spacial score (nSPS) is 21.5. The van der Waals surface area contributed by atoms with Crippen LogP contribution < -0.4 is 4.72 Å². The first kappa shape index (κ1) is 31.2. The van der Waals surface area contributed by atoms with E-state index in [1.807, 2.05) is 23.6 Å². The van der Waals surface area contributed by atoms with E-state index in [1.54, 1.807) is 24.3 Å². The highest BCUT2D eigenvalue weighted by Gasteiger charge is 2.44. The largest absolute Gasteiger partial charge is 0.339 e. The van der Waals surface area contributed by atoms with Crippen LogP contribution in [0.25, 0.3) is 0 Å². The summed E-state index contributed by atoms with van der Waals surface area (Å²) in [5.74, 6) is 0.981. The summed E-state index contributed by atoms with van der Waals surface area (Å²) in [4.78, 5) is 41.7. The molecule has 0 radical (unpaired) electrons. The van der Waals surface area contributed by atoms with E-state index in [1.165, 1.54) is 11.9 Å². The van der Waals surface area contributed by atoms with Crippen molar-refractivity contribution in [1.29, 1.82) is 0 Å². The van der Waals surface area contributed by atoms with Gasteiger partial charge in [0.1, 0.15) is 6.33 Å². The highest BCUT2D eigenvalue weighted by atomic mass is 32.2. The van der Waals surface area contributed by atoms with Crippen LogP contribution in [0, 0.1) is 25.7 Å². The molecule has 0 aliphatic carbocycles. The molecule has 3 aliphatic heterocycles. The molecular formula is C34H42N6O4S. The molecule has 10 nitrogen and oxygen atoms in total. The average Bonchev–Trinajstić information content (AvgIpc) is 3.59. The van der Waals surface area contributed by atoms with Gasteiger partial charge in [-0.1, -0.05) is 30.3 Å². The number of fused-ring (bicyclic) bond motifs is 1. The molecule has 3 aliphatic rings. The summed E-state index contributed by atoms with van der Waals surface area (Å²) in [6.07, 6.45) is 5.42. The van der Waals surface area contributed by atoms with Crippen molar-refractivity contribution in [1.82, 2.24) is 24.7 Å². The summed E-state index contributed by atoms with van der Waals surface area (Å²) < 4.78 is 25.5. The highest BCUT2D eigenvalue weighted by molar-refractivity contribution is 7.92. The molecule has 11 heteroatoms. The van der Waals surface area contributed by atoms with E-state index in [2.05, 4.69) is 49.9 Å². The van der Waals surface area contributed by atoms with Crippen molar-refractivity contribution in [2.45, 2.75) is 38.5 Å². The Bertz CT molecular complexity index is 1620. The zero-order valence-corrected chi connectivity index (χ0v) is 27.1. The lowest BCUT2D eigenvalue weighted by Crippen LogP contribution is -2.46. The van der Waals surface area contributed by atoms with Gasteiger partial charge in [0.05, 0.1) is 23.2 Å². The van der Waals surface area contributed by atoms with Gasteiger partial charge in [0.25, 0.3) is 11.8 Å². The van der Waals surface area contributed by atoms with Crippen LogP contribution in [0.15, 0.2) is 60.9 Å². The Labute approximate surface area is 265 Å². The number of carbonyl (C=O) groups excluding carboxylic acids is 2. The molecule has 3 saturated heterocycles. The molecular weight excluding hydrogens is 588 g/mol. The van der Waals surface area contributed by atoms with Crippen LogP contribution in [0.4, 0.5) is 5.69 Å². The Balaban J connectivity index is 1.07. The highest BCUT2D eigenvalue weighted by Crippen LogP contribution is 2.40. The summed E-state index contributed by atoms with van der Waals surface area (Å²) in [5.41, 5.74) is 4.45. The Morgan fingerprint density at radius 1 is 0.844 bits per heavy atom. The molecule has 1 aromatic heterocycles. The Morgan fingerprint density at radius 2 is 1.44 bits per heavy atom. The minimum Gasteiger partial charge on any atom is -0.339 e. The number of rotatable bonds is 8. The SMILES string of the molecule is Cc1ncnc(C)c1C(=O)N1CC2CN(CCC3(c4ccccc4)CCN(C(=O)c4ccc(NS(C)(=O)=O)cc4)CC3)CC2C1. The average molecular weight is 631 g/mol. The number of hydrogen-bond donors (Lipinski definition) is 1. The maximum atomic E-state index is 13.4. The first-order valence-corrected chi connectivity index (χ1v) is 17.6. The number of likely N-dealkylation sites (tertiary alicyclic amines) is 3. The van der Waals surface area contributed by atoms with Gasteiger partial charge in [0.15, 0.2) is 0 Å². The number of nitrogens with zero attached hydrogens (tertiary/aromatic N) is 5. The van der Waals surface area contributed by atoms with Gasteiger partial charge in [-0.05, 0) is 86.7 Å². The van der Waals surface area contributed by atoms with Crippen molar-refractivity contribution in [2.75, 3.05) is 56.8 Å². The van der Waals surface area contributed by atoms with E-state index in [-0.39, 0.29) is 17.2 Å². The molecule has 0 bridgehead atoms. The van der Waals surface area contributed by atoms with Gasteiger partial charge >= 0.3 is 0 Å². The Morgan fingerprint density at radius 3 is 2.02 bits per heavy atom. The van der Waals surface area contributed by atoms with Gasteiger partial charge < -0.3 is 14.7 Å². The van der Waals surface area contributed by atoms with Gasteiger partial charge in [-0.3, -0.25) is 14.3 Å². The second-order valence-electron chi connectivity index (χ2n) is 13.0. The van der Waals surface area contributed by atoms with Gasteiger partial charge in [-0.15, -0.1) is 0 Å². The van der Waals surface area contributed by atoms with Crippen LogP contribution in [0.5, 0.6) is 0 Å². The summed E-state index contributed by atoms with van der Waals surface area (Å²) in [6.45, 7) is 9.63. The van der Waals surface area contributed by atoms with Crippen molar-refractivity contribution in [3.63, 3.8) is 0 Å². The maximum Gasteiger partial charge on any atom is 0.257 e. The Kier molecular flexibility index (Phi) is 8.67. The predicted molar refractivity (Wildman–Crippen MR) is 174 cm³/mol. The third-order valence-electron chi connectivity index (χ3n) is 10.0. The first-order chi connectivity index (χ1) is 21.5. The molecule has 2 amide bonds. The molecule has 4 heterocycles. The van der Waals surface area contributed by atoms with E-state index in [9.17, 15) is 18.0 Å². The van der Waals surface area contributed by atoms with Crippen molar-refractivity contribution in [2.24, 2.45) is 11.8 Å². The van der Waals surface area contributed by atoms with E-state index < -0.39 is 10.0 Å². The molecule has 1 N–H and O–H groups in total. The summed E-state index contributed by atoms with van der Waals surface area (Å²) in [5, 5.41) is 0. The molecule has 45 heavy (non-hydrogen) atoms. The lowest BCUT2D eigenvalue weighted by molar-refractivity contribution is 0.0650. The number of aryl methyl sites for hydroxylation is 2. The number of benzene rings is 2. The second kappa shape index (κ2) is 12.5. The fraction of sp³-hybridized carbons (Fsp3) is 0.471. The molecule has 2 unspecified atom stereocenters. The van der Waals surface area contributed by atoms with Crippen LogP contribution in [0.2, 0.25) is 0 Å². The molecule has 3 fully saturated rings. The molecule has 0 spiro atoms. The third-order valence-corrected chi connectivity index (χ3v) is 10.6. The summed E-state index contributed by atoms with van der Waals surface area (Å²) in [6, 6.07) is 17.3. The van der Waals surface area contributed by atoms with Gasteiger partial charge in [-0.2, -0.15) is 0 Å². The standard InChI is InChI=1S/C34H42N6O4S/c1-24-31(25(2)36-23-35-24)33(42)40-21-27-19-38(20-28(27)22-40)16-13-34(29-7-5-4-6-8-29)14-17-39(18-15-34)32(41)26-9-11-30(12-10-26)37-45(3,43)44/h4-12,23,27-28,37H,13-22H2,1-3H3. The molecule has 2 atom stereocenters. The van der Waals surface area contributed by atoms with Crippen LogP contribution in [-0.4, -0.2) is 97.0 Å². The number of piperidine rings is 1. The predicted octanol–water partition coefficient (Wildman–Crippen LogP) is 3.73. The van der Waals surface area contributed by atoms with Crippen LogP contribution >= 0.6 is 0 Å². The van der Waals surface area contributed by atoms with Crippen molar-refractivity contribution >= 4 is 27.5 Å². The molecule has 6 rings (SSSR count). The van der Waals surface area contributed by atoms with Gasteiger partial charge in [-0.25, -0.2) is 18.4 Å². The summed E-state index contributed by atoms with van der Waals surface area (Å²) in [7, 11) is -3.37. The lowest BCUT2D eigenvalue weighted by Gasteiger charge is -2.43. The number of amides is 2. The molecule has 2 aromatic carbocycles. The minimum atomic E-state index is -3.37. The summed E-state index contributed by atoms with van der Waals surface area (Å²) >= 11 is 0. The Hall–Kier alpha value is -3.83. The van der Waals surface area contributed by atoms with E-state index >= 15 is 0 Å². The van der Waals surface area contributed by atoms with E-state index in [0.717, 1.165) is 69.6 Å². The smallest absolute Gasteiger partial charge is 0.257 e. The second-order valence-corrected chi connectivity index (χ2v) is 14.8. The fourth-order valence-corrected chi connectivity index (χ4v) is 8.13. The number of hydrogen-bond acceptors (Lipinski definition) is 7. The third kappa shape index (κ3) is 6.74. The van der Waals surface area contributed by atoms with Crippen molar-refractivity contribution < 1.29 is 18.0 Å². The molecule has 0 saturated carbocycles. The number of anilines is 1. The number of carbonyl (C=O) groups is 2. The monoisotopic (exact) mass is 630 g/mol.